The highest BCUT2D eigenvalue weighted by atomic mass is 16.7. The number of aryl methyl sites for hydroxylation is 6. The van der Waals surface area contributed by atoms with Crippen LogP contribution in [0.1, 0.15) is 56.6 Å². The van der Waals surface area contributed by atoms with Crippen molar-refractivity contribution in [3.8, 4) is 11.4 Å². The number of amides is 2. The van der Waals surface area contributed by atoms with Gasteiger partial charge in [0.1, 0.15) is 0 Å². The minimum atomic E-state index is -0.807. The number of imidazole rings is 1. The minimum Gasteiger partial charge on any atom is -0.325 e. The van der Waals surface area contributed by atoms with Crippen LogP contribution in [0.15, 0.2) is 76.4 Å². The number of carbonyl (C=O) groups is 3. The molecule has 10 heteroatoms. The first-order valence-electron chi connectivity index (χ1n) is 13.6. The number of nitrogens with zero attached hydrogens (tertiary/aromatic N) is 6. The van der Waals surface area contributed by atoms with Gasteiger partial charge in [-0.1, -0.05) is 40.5 Å². The Kier molecular flexibility index (Phi) is 7.71. The van der Waals surface area contributed by atoms with E-state index in [9.17, 15) is 14.4 Å². The summed E-state index contributed by atoms with van der Waals surface area (Å²) in [5.74, 6) is -1.87. The number of hydrogen-bond donors (Lipinski definition) is 0. The Labute approximate surface area is 243 Å². The Hall–Kier alpha value is -5.12. The molecular formula is C32H32N6O4. The highest BCUT2D eigenvalue weighted by Gasteiger charge is 2.33. The van der Waals surface area contributed by atoms with Crippen LogP contribution in [0.25, 0.3) is 11.4 Å². The van der Waals surface area contributed by atoms with Gasteiger partial charge in [0.25, 0.3) is 11.8 Å². The minimum absolute atomic E-state index is 0.0322. The van der Waals surface area contributed by atoms with Crippen LogP contribution in [0.2, 0.25) is 0 Å². The molecule has 5 rings (SSSR count). The van der Waals surface area contributed by atoms with Crippen molar-refractivity contribution in [3.63, 3.8) is 0 Å². The van der Waals surface area contributed by atoms with Gasteiger partial charge in [-0.2, -0.15) is 0 Å². The molecule has 2 heterocycles. The van der Waals surface area contributed by atoms with E-state index < -0.39 is 17.8 Å². The van der Waals surface area contributed by atoms with Crippen LogP contribution in [0, 0.1) is 41.5 Å². The molecular weight excluding hydrogens is 532 g/mol. The van der Waals surface area contributed by atoms with Gasteiger partial charge >= 0.3 is 5.97 Å². The number of aromatic nitrogens is 2. The monoisotopic (exact) mass is 564 g/mol. The first-order valence-corrected chi connectivity index (χ1v) is 13.6. The maximum Gasteiger partial charge on any atom is 0.363 e. The molecule has 1 saturated heterocycles. The van der Waals surface area contributed by atoms with Gasteiger partial charge in [-0.3, -0.25) is 18.7 Å². The normalized spacial score (nSPS) is 13.3. The number of rotatable bonds is 6. The fraction of sp³-hybridized carbons (Fsp3) is 0.250. The molecule has 3 aromatic carbocycles. The molecule has 0 bridgehead atoms. The number of imide groups is 1. The molecule has 0 spiro atoms. The van der Waals surface area contributed by atoms with E-state index in [1.165, 1.54) is 23.3 Å². The van der Waals surface area contributed by atoms with Crippen LogP contribution >= 0.6 is 0 Å². The Bertz CT molecular complexity index is 1690. The summed E-state index contributed by atoms with van der Waals surface area (Å²) in [6, 6.07) is 14.7. The number of hydroxylamine groups is 2. The fourth-order valence-corrected chi connectivity index (χ4v) is 5.50. The van der Waals surface area contributed by atoms with Crippen molar-refractivity contribution in [2.24, 2.45) is 15.4 Å². The van der Waals surface area contributed by atoms with E-state index in [4.69, 9.17) is 4.84 Å². The highest BCUT2D eigenvalue weighted by molar-refractivity contribution is 6.02. The van der Waals surface area contributed by atoms with Crippen molar-refractivity contribution in [1.29, 1.82) is 0 Å². The quantitative estimate of drug-likeness (QED) is 0.164. The third kappa shape index (κ3) is 5.56. The summed E-state index contributed by atoms with van der Waals surface area (Å²) in [6.07, 6.45) is 4.02. The van der Waals surface area contributed by atoms with Crippen LogP contribution in [0.3, 0.4) is 0 Å². The molecule has 214 valence electrons. The lowest BCUT2D eigenvalue weighted by molar-refractivity contribution is -0.172. The van der Waals surface area contributed by atoms with Gasteiger partial charge in [0.15, 0.2) is 0 Å². The number of carbonyl (C=O) groups excluding carboxylic acids is 3. The second kappa shape index (κ2) is 11.4. The molecule has 0 radical (unpaired) electrons. The molecule has 0 aliphatic carbocycles. The van der Waals surface area contributed by atoms with Crippen molar-refractivity contribution in [3.05, 3.63) is 105 Å². The zero-order valence-electron chi connectivity index (χ0n) is 24.5. The largest absolute Gasteiger partial charge is 0.363 e. The molecule has 0 atom stereocenters. The predicted octanol–water partition coefficient (Wildman–Crippen LogP) is 5.94. The maximum absolute atomic E-state index is 12.4. The summed E-state index contributed by atoms with van der Waals surface area (Å²) in [5.41, 5.74) is 10.1. The summed E-state index contributed by atoms with van der Waals surface area (Å²) < 4.78 is 4.03. The van der Waals surface area contributed by atoms with Crippen molar-refractivity contribution >= 4 is 23.5 Å². The first-order chi connectivity index (χ1) is 20.0. The molecule has 42 heavy (non-hydrogen) atoms. The van der Waals surface area contributed by atoms with E-state index in [-0.39, 0.29) is 18.4 Å². The SMILES string of the molecule is Cc1cc(C)c(-n2ccn(-c3c(C)cc(C)cc3C)c2=NN=Nc2ccc(C(=O)ON3C(=O)CCC3=O)cc2)c(C)c1. The van der Waals surface area contributed by atoms with Gasteiger partial charge < -0.3 is 4.84 Å². The van der Waals surface area contributed by atoms with Gasteiger partial charge in [0, 0.05) is 25.2 Å². The summed E-state index contributed by atoms with van der Waals surface area (Å²) in [5, 5.41) is 13.5. The summed E-state index contributed by atoms with van der Waals surface area (Å²) in [4.78, 5) is 40.9. The van der Waals surface area contributed by atoms with Crippen molar-refractivity contribution in [2.75, 3.05) is 0 Å². The Morgan fingerprint density at radius 3 is 1.62 bits per heavy atom. The summed E-state index contributed by atoms with van der Waals surface area (Å²) >= 11 is 0. The topological polar surface area (TPSA) is 111 Å². The van der Waals surface area contributed by atoms with Crippen LogP contribution < -0.4 is 5.62 Å². The van der Waals surface area contributed by atoms with Gasteiger partial charge in [-0.25, -0.2) is 4.79 Å². The molecule has 1 fully saturated rings. The predicted molar refractivity (Wildman–Crippen MR) is 157 cm³/mol. The van der Waals surface area contributed by atoms with Gasteiger partial charge in [-0.05, 0) is 93.3 Å². The van der Waals surface area contributed by atoms with E-state index in [1.807, 2.05) is 21.5 Å². The molecule has 2 amide bonds. The lowest BCUT2D eigenvalue weighted by Crippen LogP contribution is -2.32. The molecule has 0 unspecified atom stereocenters. The molecule has 1 aliphatic heterocycles. The third-order valence-corrected chi connectivity index (χ3v) is 7.13. The van der Waals surface area contributed by atoms with Crippen LogP contribution in [0.4, 0.5) is 5.69 Å². The second-order valence-electron chi connectivity index (χ2n) is 10.6. The number of benzene rings is 3. The van der Waals surface area contributed by atoms with E-state index >= 15 is 0 Å². The second-order valence-corrected chi connectivity index (χ2v) is 10.6. The Morgan fingerprint density at radius 2 is 1.17 bits per heavy atom. The van der Waals surface area contributed by atoms with E-state index in [0.29, 0.717) is 16.4 Å². The molecule has 0 saturated carbocycles. The van der Waals surface area contributed by atoms with Gasteiger partial charge in [0.2, 0.25) is 5.62 Å². The van der Waals surface area contributed by atoms with Crippen LogP contribution in [-0.4, -0.2) is 32.0 Å². The molecule has 0 N–H and O–H groups in total. The van der Waals surface area contributed by atoms with Crippen LogP contribution in [0.5, 0.6) is 0 Å². The lowest BCUT2D eigenvalue weighted by atomic mass is 10.0. The van der Waals surface area contributed by atoms with Crippen LogP contribution in [-0.2, 0) is 14.4 Å². The average Bonchev–Trinajstić information content (AvgIpc) is 3.46. The lowest BCUT2D eigenvalue weighted by Gasteiger charge is -2.15. The average molecular weight is 565 g/mol. The first kappa shape index (κ1) is 28.4. The molecule has 1 aliphatic rings. The maximum atomic E-state index is 12.4. The van der Waals surface area contributed by atoms with E-state index in [2.05, 4.69) is 81.2 Å². The van der Waals surface area contributed by atoms with E-state index in [0.717, 1.165) is 33.6 Å². The number of hydrogen-bond acceptors (Lipinski definition) is 6. The smallest absolute Gasteiger partial charge is 0.325 e. The van der Waals surface area contributed by atoms with Crippen molar-refractivity contribution in [1.82, 2.24) is 14.2 Å². The molecule has 1 aromatic heterocycles. The van der Waals surface area contributed by atoms with Gasteiger partial charge in [0.05, 0.1) is 22.6 Å². The summed E-state index contributed by atoms with van der Waals surface area (Å²) in [7, 11) is 0. The Balaban J connectivity index is 1.51. The molecule has 4 aromatic rings. The van der Waals surface area contributed by atoms with E-state index in [1.54, 1.807) is 12.1 Å². The zero-order chi connectivity index (χ0) is 30.1. The van der Waals surface area contributed by atoms with Gasteiger partial charge in [-0.15, -0.1) is 10.2 Å². The van der Waals surface area contributed by atoms with Crippen molar-refractivity contribution < 1.29 is 19.2 Å². The third-order valence-electron chi connectivity index (χ3n) is 7.13. The zero-order valence-corrected chi connectivity index (χ0v) is 24.5. The summed E-state index contributed by atoms with van der Waals surface area (Å²) in [6.45, 7) is 12.5. The molecule has 10 nitrogen and oxygen atoms in total. The van der Waals surface area contributed by atoms with Crippen molar-refractivity contribution in [2.45, 2.75) is 54.4 Å². The fourth-order valence-electron chi connectivity index (χ4n) is 5.50. The highest BCUT2D eigenvalue weighted by Crippen LogP contribution is 2.23. The Morgan fingerprint density at radius 1 is 0.714 bits per heavy atom. The standard InChI is InChI=1S/C32H32N6O4/c1-19-15-21(3)29(22(4)16-19)36-13-14-37(30-23(5)17-20(2)18-24(30)6)32(36)34-35-33-26-9-7-25(8-10-26)31(41)42-38-27(39)11-12-28(38)40/h7-10,13-18H,11-12H2,1-6H3.